The number of ether oxygens (including phenoxy) is 2. The fourth-order valence-electron chi connectivity index (χ4n) is 2.48. The number of halogens is 1. The first-order valence-electron chi connectivity index (χ1n) is 8.73. The Morgan fingerprint density at radius 2 is 1.81 bits per heavy atom. The molecule has 0 aliphatic rings. The molecule has 0 aliphatic carbocycles. The van der Waals surface area contributed by atoms with E-state index in [9.17, 15) is 5.11 Å². The van der Waals surface area contributed by atoms with Crippen molar-refractivity contribution in [2.45, 2.75) is 19.6 Å². The van der Waals surface area contributed by atoms with Gasteiger partial charge in [-0.25, -0.2) is 4.99 Å². The highest BCUT2D eigenvalue weighted by Gasteiger charge is 2.12. The number of aliphatic hydroxyl groups is 1. The quantitative estimate of drug-likeness (QED) is 0.476. The van der Waals surface area contributed by atoms with Gasteiger partial charge in [0.15, 0.2) is 5.96 Å². The normalized spacial score (nSPS) is 12.4. The zero-order chi connectivity index (χ0) is 19.6. The number of methoxy groups -OCH3 is 2. The van der Waals surface area contributed by atoms with E-state index in [1.807, 2.05) is 31.2 Å². The van der Waals surface area contributed by atoms with Gasteiger partial charge in [-0.2, -0.15) is 0 Å². The summed E-state index contributed by atoms with van der Waals surface area (Å²) in [5.41, 5.74) is 1.71. The van der Waals surface area contributed by atoms with Crippen LogP contribution in [0.3, 0.4) is 0 Å². The molecule has 0 saturated carbocycles. The van der Waals surface area contributed by atoms with Gasteiger partial charge in [0.25, 0.3) is 0 Å². The van der Waals surface area contributed by atoms with Gasteiger partial charge in [0.05, 0.1) is 26.9 Å². The Morgan fingerprint density at radius 3 is 2.41 bits per heavy atom. The predicted octanol–water partition coefficient (Wildman–Crippen LogP) is 3.15. The first-order valence-corrected chi connectivity index (χ1v) is 9.11. The summed E-state index contributed by atoms with van der Waals surface area (Å²) in [4.78, 5) is 4.53. The average Bonchev–Trinajstić information content (AvgIpc) is 2.69. The van der Waals surface area contributed by atoms with Crippen LogP contribution in [-0.2, 0) is 6.54 Å². The topological polar surface area (TPSA) is 75.1 Å². The Morgan fingerprint density at radius 1 is 1.11 bits per heavy atom. The molecule has 1 unspecified atom stereocenters. The minimum Gasteiger partial charge on any atom is -0.497 e. The van der Waals surface area contributed by atoms with Crippen molar-refractivity contribution < 1.29 is 14.6 Å². The second-order valence-electron chi connectivity index (χ2n) is 5.87. The molecule has 3 N–H and O–H groups in total. The molecule has 0 amide bonds. The van der Waals surface area contributed by atoms with Crippen molar-refractivity contribution in [2.24, 2.45) is 4.99 Å². The fourth-order valence-corrected chi connectivity index (χ4v) is 2.69. The molecule has 0 saturated heterocycles. The third-order valence-corrected chi connectivity index (χ3v) is 4.11. The van der Waals surface area contributed by atoms with Crippen LogP contribution in [-0.4, -0.2) is 38.4 Å². The van der Waals surface area contributed by atoms with Gasteiger partial charge in [0.2, 0.25) is 0 Å². The lowest BCUT2D eigenvalue weighted by Gasteiger charge is -2.17. The number of rotatable bonds is 8. The van der Waals surface area contributed by atoms with E-state index >= 15 is 0 Å². The molecule has 27 heavy (non-hydrogen) atoms. The smallest absolute Gasteiger partial charge is 0.191 e. The summed E-state index contributed by atoms with van der Waals surface area (Å²) in [6.07, 6.45) is -0.746. The van der Waals surface area contributed by atoms with Gasteiger partial charge in [-0.3, -0.25) is 0 Å². The molecule has 0 aromatic heterocycles. The van der Waals surface area contributed by atoms with Crippen molar-refractivity contribution in [2.75, 3.05) is 27.3 Å². The molecule has 2 aromatic carbocycles. The van der Waals surface area contributed by atoms with E-state index in [2.05, 4.69) is 15.6 Å². The van der Waals surface area contributed by atoms with Crippen LogP contribution in [0.15, 0.2) is 47.5 Å². The van der Waals surface area contributed by atoms with Crippen LogP contribution >= 0.6 is 11.6 Å². The summed E-state index contributed by atoms with van der Waals surface area (Å²) in [7, 11) is 3.16. The Bertz CT molecular complexity index is 746. The van der Waals surface area contributed by atoms with Gasteiger partial charge in [-0.1, -0.05) is 23.7 Å². The van der Waals surface area contributed by atoms with Gasteiger partial charge in [0, 0.05) is 24.2 Å². The summed E-state index contributed by atoms with van der Waals surface area (Å²) in [5.74, 6) is 1.88. The fraction of sp³-hybridized carbons (Fsp3) is 0.350. The van der Waals surface area contributed by atoms with E-state index in [0.717, 1.165) is 5.56 Å². The highest BCUT2D eigenvalue weighted by Crippen LogP contribution is 2.26. The van der Waals surface area contributed by atoms with Crippen molar-refractivity contribution in [3.05, 3.63) is 58.6 Å². The number of nitrogens with one attached hydrogen (secondary N) is 2. The zero-order valence-corrected chi connectivity index (χ0v) is 16.6. The molecular formula is C20H26ClN3O3. The monoisotopic (exact) mass is 391 g/mol. The van der Waals surface area contributed by atoms with E-state index in [0.29, 0.717) is 41.1 Å². The minimum absolute atomic E-state index is 0.289. The molecule has 7 heteroatoms. The molecule has 0 bridgehead atoms. The van der Waals surface area contributed by atoms with Gasteiger partial charge in [-0.05, 0) is 42.3 Å². The van der Waals surface area contributed by atoms with E-state index in [1.165, 1.54) is 0 Å². The molecule has 0 fully saturated rings. The van der Waals surface area contributed by atoms with Crippen LogP contribution < -0.4 is 20.1 Å². The maximum atomic E-state index is 10.5. The molecular weight excluding hydrogens is 366 g/mol. The Labute approximate surface area is 165 Å². The number of nitrogens with zero attached hydrogens (tertiary/aromatic N) is 1. The highest BCUT2D eigenvalue weighted by molar-refractivity contribution is 6.30. The van der Waals surface area contributed by atoms with Gasteiger partial charge < -0.3 is 25.2 Å². The summed E-state index contributed by atoms with van der Waals surface area (Å²) in [6, 6.07) is 12.9. The minimum atomic E-state index is -0.746. The summed E-state index contributed by atoms with van der Waals surface area (Å²) < 4.78 is 10.5. The number of benzene rings is 2. The van der Waals surface area contributed by atoms with Crippen LogP contribution in [0.2, 0.25) is 5.02 Å². The van der Waals surface area contributed by atoms with Crippen LogP contribution in [0.25, 0.3) is 0 Å². The molecule has 6 nitrogen and oxygen atoms in total. The lowest BCUT2D eigenvalue weighted by Crippen LogP contribution is -2.39. The SMILES string of the molecule is CCNC(=NCc1cccc(Cl)c1)NCC(O)c1cc(OC)cc(OC)c1. The van der Waals surface area contributed by atoms with Crippen LogP contribution in [0.1, 0.15) is 24.2 Å². The van der Waals surface area contributed by atoms with Crippen molar-refractivity contribution in [3.8, 4) is 11.5 Å². The molecule has 2 rings (SSSR count). The molecule has 0 heterocycles. The Kier molecular flexibility index (Phi) is 8.23. The highest BCUT2D eigenvalue weighted by atomic mass is 35.5. The van der Waals surface area contributed by atoms with Gasteiger partial charge in [0.1, 0.15) is 11.5 Å². The largest absolute Gasteiger partial charge is 0.497 e. The number of hydrogen-bond donors (Lipinski definition) is 3. The summed E-state index contributed by atoms with van der Waals surface area (Å²) in [6.45, 7) is 3.47. The van der Waals surface area contributed by atoms with Gasteiger partial charge in [-0.15, -0.1) is 0 Å². The maximum Gasteiger partial charge on any atom is 0.191 e. The summed E-state index contributed by atoms with van der Waals surface area (Å²) in [5, 5.41) is 17.5. The lowest BCUT2D eigenvalue weighted by molar-refractivity contribution is 0.180. The first kappa shape index (κ1) is 20.9. The molecule has 146 valence electrons. The van der Waals surface area contributed by atoms with Crippen molar-refractivity contribution >= 4 is 17.6 Å². The maximum absolute atomic E-state index is 10.5. The van der Waals surface area contributed by atoms with E-state index in [4.69, 9.17) is 21.1 Å². The van der Waals surface area contributed by atoms with Crippen molar-refractivity contribution in [1.82, 2.24) is 10.6 Å². The third-order valence-electron chi connectivity index (χ3n) is 3.87. The lowest BCUT2D eigenvalue weighted by atomic mass is 10.1. The number of guanidine groups is 1. The van der Waals surface area contributed by atoms with E-state index < -0.39 is 6.10 Å². The molecule has 2 aromatic rings. The number of aliphatic imine (C=N–C) groups is 1. The average molecular weight is 392 g/mol. The zero-order valence-electron chi connectivity index (χ0n) is 15.8. The van der Waals surface area contributed by atoms with E-state index in [-0.39, 0.29) is 6.54 Å². The molecule has 0 spiro atoms. The Hall–Kier alpha value is -2.44. The van der Waals surface area contributed by atoms with Crippen molar-refractivity contribution in [1.29, 1.82) is 0 Å². The van der Waals surface area contributed by atoms with Crippen molar-refractivity contribution in [3.63, 3.8) is 0 Å². The standard InChI is InChI=1S/C20H26ClN3O3/c1-4-22-20(23-12-14-6-5-7-16(21)8-14)24-13-19(25)15-9-17(26-2)11-18(10-15)27-3/h5-11,19,25H,4,12-13H2,1-3H3,(H2,22,23,24). The molecule has 0 radical (unpaired) electrons. The first-order chi connectivity index (χ1) is 13.0. The molecule has 0 aliphatic heterocycles. The predicted molar refractivity (Wildman–Crippen MR) is 109 cm³/mol. The second-order valence-corrected chi connectivity index (χ2v) is 6.30. The Balaban J connectivity index is 2.03. The van der Waals surface area contributed by atoms with E-state index in [1.54, 1.807) is 32.4 Å². The van der Waals surface area contributed by atoms with Gasteiger partial charge >= 0.3 is 0 Å². The third kappa shape index (κ3) is 6.66. The number of hydrogen-bond acceptors (Lipinski definition) is 4. The molecule has 1 atom stereocenters. The van der Waals surface area contributed by atoms with Crippen LogP contribution in [0, 0.1) is 0 Å². The van der Waals surface area contributed by atoms with Crippen LogP contribution in [0.4, 0.5) is 0 Å². The number of aliphatic hydroxyl groups excluding tert-OH is 1. The van der Waals surface area contributed by atoms with Crippen LogP contribution in [0.5, 0.6) is 11.5 Å². The summed E-state index contributed by atoms with van der Waals surface area (Å²) >= 11 is 6.01. The second kappa shape index (κ2) is 10.6.